The summed E-state index contributed by atoms with van der Waals surface area (Å²) >= 11 is 0. The van der Waals surface area contributed by atoms with Gasteiger partial charge in [0.1, 0.15) is 78.8 Å². The van der Waals surface area contributed by atoms with E-state index in [-0.39, 0.29) is 38.4 Å². The molecule has 0 radical (unpaired) electrons. The number of hydrogen-bond donors (Lipinski definition) is 15. The number of carbonyl (C=O) groups is 1. The van der Waals surface area contributed by atoms with Crippen LogP contribution in [0, 0.1) is 0 Å². The van der Waals surface area contributed by atoms with E-state index in [1.54, 1.807) is 7.05 Å². The zero-order valence-electron chi connectivity index (χ0n) is 28.1. The molecule has 5 rings (SSSR count). The zero-order valence-corrected chi connectivity index (χ0v) is 28.1. The summed E-state index contributed by atoms with van der Waals surface area (Å²) in [6.07, 6.45) is -21.2. The molecule has 0 aromatic rings. The maximum atomic E-state index is 13.0. The molecule has 51 heavy (non-hydrogen) atoms. The third kappa shape index (κ3) is 8.20. The van der Waals surface area contributed by atoms with E-state index in [9.17, 15) is 45.6 Å². The summed E-state index contributed by atoms with van der Waals surface area (Å²) in [6.45, 7) is -0.807. The third-order valence-corrected chi connectivity index (χ3v) is 10.4. The summed E-state index contributed by atoms with van der Waals surface area (Å²) in [5.41, 5.74) is 28.4. The van der Waals surface area contributed by atoms with Crippen LogP contribution in [0.3, 0.4) is 0 Å². The highest BCUT2D eigenvalue weighted by atomic mass is 16.8. The van der Waals surface area contributed by atoms with Crippen LogP contribution >= 0.6 is 0 Å². The summed E-state index contributed by atoms with van der Waals surface area (Å²) in [5, 5.41) is 91.1. The Labute approximate surface area is 293 Å². The number of carbonyl (C=O) groups excluding carboxylic acids is 1. The van der Waals surface area contributed by atoms with E-state index in [2.05, 4.69) is 10.6 Å². The van der Waals surface area contributed by atoms with Crippen molar-refractivity contribution in [3.63, 3.8) is 0 Å². The quantitative estimate of drug-likeness (QED) is 0.0882. The van der Waals surface area contributed by atoms with Crippen molar-refractivity contribution in [1.29, 1.82) is 0 Å². The van der Waals surface area contributed by atoms with Gasteiger partial charge in [0.15, 0.2) is 18.9 Å². The Bertz CT molecular complexity index is 1160. The minimum atomic E-state index is -1.76. The van der Waals surface area contributed by atoms with Crippen molar-refractivity contribution in [3.05, 3.63) is 0 Å². The lowest BCUT2D eigenvalue weighted by Gasteiger charge is -2.48. The molecule has 296 valence electrons. The fraction of sp³-hybridized carbons (Fsp3) is 0.966. The fourth-order valence-electron chi connectivity index (χ4n) is 7.32. The van der Waals surface area contributed by atoms with Crippen LogP contribution in [0.2, 0.25) is 0 Å². The first-order valence-electron chi connectivity index (χ1n) is 17.1. The van der Waals surface area contributed by atoms with E-state index < -0.39 is 134 Å². The van der Waals surface area contributed by atoms with Crippen LogP contribution in [0.5, 0.6) is 0 Å². The van der Waals surface area contributed by atoms with Crippen LogP contribution < -0.4 is 39.3 Å². The van der Waals surface area contributed by atoms with Crippen molar-refractivity contribution in [2.45, 2.75) is 147 Å². The van der Waals surface area contributed by atoms with E-state index in [1.807, 2.05) is 0 Å². The summed E-state index contributed by atoms with van der Waals surface area (Å²) in [7, 11) is 1.60. The van der Waals surface area contributed by atoms with Crippen molar-refractivity contribution < 1.29 is 74.1 Å². The number of aliphatic hydroxyl groups is 8. The predicted octanol–water partition coefficient (Wildman–Crippen LogP) is -9.62. The van der Waals surface area contributed by atoms with Gasteiger partial charge >= 0.3 is 0 Å². The number of aliphatic hydroxyl groups excluding tert-OH is 7. The summed E-state index contributed by atoms with van der Waals surface area (Å²) in [4.78, 5) is 13.0. The van der Waals surface area contributed by atoms with Gasteiger partial charge in [-0.2, -0.15) is 0 Å². The first-order valence-corrected chi connectivity index (χ1v) is 17.1. The number of nitrogens with two attached hydrogens (primary N) is 5. The summed E-state index contributed by atoms with van der Waals surface area (Å²) < 4.78 is 35.4. The number of likely N-dealkylation sites (N-methyl/N-ethyl adjacent to an activating group) is 1. The van der Waals surface area contributed by atoms with Gasteiger partial charge in [-0.05, 0) is 13.5 Å². The number of nitrogens with one attached hydrogen (secondary N) is 2. The van der Waals surface area contributed by atoms with E-state index in [4.69, 9.17) is 57.1 Å². The van der Waals surface area contributed by atoms with Gasteiger partial charge in [0, 0.05) is 38.0 Å². The van der Waals surface area contributed by atoms with Crippen LogP contribution in [0.1, 0.15) is 19.3 Å². The normalized spacial score (nSPS) is 52.0. The monoisotopic (exact) mass is 741 g/mol. The van der Waals surface area contributed by atoms with Crippen molar-refractivity contribution >= 4 is 5.91 Å². The third-order valence-electron chi connectivity index (χ3n) is 10.4. The van der Waals surface area contributed by atoms with Crippen LogP contribution in [-0.2, 0) is 33.2 Å². The van der Waals surface area contributed by atoms with Gasteiger partial charge in [0.25, 0.3) is 5.91 Å². The highest BCUT2D eigenvalue weighted by Crippen LogP contribution is 2.36. The average molecular weight is 742 g/mol. The molecule has 22 heteroatoms. The molecule has 0 spiro atoms. The Balaban J connectivity index is 1.37. The Morgan fingerprint density at radius 1 is 0.745 bits per heavy atom. The van der Waals surface area contributed by atoms with Crippen LogP contribution in [0.25, 0.3) is 0 Å². The lowest BCUT2D eigenvalue weighted by Crippen LogP contribution is -2.70. The Morgan fingerprint density at radius 3 is 1.82 bits per heavy atom. The highest BCUT2D eigenvalue weighted by Gasteiger charge is 2.56. The molecule has 0 aromatic carbocycles. The van der Waals surface area contributed by atoms with Gasteiger partial charge < -0.3 is 109 Å². The fourth-order valence-corrected chi connectivity index (χ4v) is 7.32. The SMILES string of the molecule is CNC[C@H]1O[C@H](O[C@H]2[C@H](O[C@@H]3O[C@H](CO)[C@@H](O[C@H]4O[C@@H](CN)[C@@H](O)[C@H](O)[C@H]4N)[C@H]3O)[C@@H](O)[C@H](NC(=O)C3(O)CC(N)C3)C[C@@H]2N)[C@H](N)[C@@H](O)[C@@H]1O. The smallest absolute Gasteiger partial charge is 0.252 e. The van der Waals surface area contributed by atoms with Crippen LogP contribution in [0.15, 0.2) is 0 Å². The van der Waals surface area contributed by atoms with Gasteiger partial charge in [-0.1, -0.05) is 0 Å². The minimum absolute atomic E-state index is 0.000655. The molecule has 3 saturated heterocycles. The topological polar surface area (TPSA) is 388 Å². The van der Waals surface area contributed by atoms with E-state index in [0.29, 0.717) is 0 Å². The lowest BCUT2D eigenvalue weighted by molar-refractivity contribution is -0.308. The molecule has 0 bridgehead atoms. The summed E-state index contributed by atoms with van der Waals surface area (Å²) in [6, 6.07) is -5.14. The molecular formula is C29H55N7O15. The van der Waals surface area contributed by atoms with Crippen molar-refractivity contribution in [2.24, 2.45) is 28.7 Å². The second-order valence-corrected chi connectivity index (χ2v) is 14.2. The van der Waals surface area contributed by atoms with Gasteiger partial charge in [0.05, 0.1) is 24.7 Å². The highest BCUT2D eigenvalue weighted by molar-refractivity contribution is 5.86. The first-order chi connectivity index (χ1) is 24.0. The molecule has 3 heterocycles. The van der Waals surface area contributed by atoms with Gasteiger partial charge in [-0.3, -0.25) is 4.79 Å². The molecule has 20 N–H and O–H groups in total. The maximum Gasteiger partial charge on any atom is 0.252 e. The molecule has 2 aliphatic carbocycles. The molecule has 2 saturated carbocycles. The standard InChI is InChI=1S/C29H55N7O15/c1-35-6-12-18(40)20(42)15(34)26(47-12)49-22-9(32)2-10(36-28(44)29(45)3-8(31)4-29)16(38)24(22)51-27-21(43)23(13(7-37)48-27)50-25-14(33)19(41)17(39)11(5-30)46-25/h8-27,35,37-43,45H,2-7,30-34H2,1H3,(H,36,44)/t8?,9-,10+,11-,12+,13+,14+,15+,16-,17+,18+,19+,20+,21+,22+,23+,24+,25+,26+,27-,29?/m0/s1. The molecule has 5 aliphatic rings. The number of hydrogen-bond acceptors (Lipinski definition) is 21. The maximum absolute atomic E-state index is 13.0. The van der Waals surface area contributed by atoms with Crippen LogP contribution in [0.4, 0.5) is 0 Å². The Morgan fingerprint density at radius 2 is 1.27 bits per heavy atom. The molecule has 1 amide bonds. The molecule has 5 fully saturated rings. The average Bonchev–Trinajstić information content (AvgIpc) is 3.38. The predicted molar refractivity (Wildman–Crippen MR) is 169 cm³/mol. The summed E-state index contributed by atoms with van der Waals surface area (Å²) in [5.74, 6) is -0.791. The lowest BCUT2D eigenvalue weighted by atomic mass is 9.75. The largest absolute Gasteiger partial charge is 0.394 e. The first kappa shape index (κ1) is 40.8. The second-order valence-electron chi connectivity index (χ2n) is 14.2. The van der Waals surface area contributed by atoms with E-state index in [0.717, 1.165) is 0 Å². The molecular weight excluding hydrogens is 686 g/mol. The van der Waals surface area contributed by atoms with E-state index >= 15 is 0 Å². The van der Waals surface area contributed by atoms with E-state index in [1.165, 1.54) is 0 Å². The molecule has 3 aliphatic heterocycles. The molecule has 19 atom stereocenters. The van der Waals surface area contributed by atoms with Crippen LogP contribution in [-0.4, -0.2) is 201 Å². The molecule has 0 unspecified atom stereocenters. The van der Waals surface area contributed by atoms with Crippen molar-refractivity contribution in [3.8, 4) is 0 Å². The van der Waals surface area contributed by atoms with Gasteiger partial charge in [0.2, 0.25) is 0 Å². The van der Waals surface area contributed by atoms with Crippen molar-refractivity contribution in [2.75, 3.05) is 26.7 Å². The Kier molecular flexibility index (Phi) is 13.3. The van der Waals surface area contributed by atoms with Crippen molar-refractivity contribution in [1.82, 2.24) is 10.6 Å². The number of amides is 1. The number of rotatable bonds is 12. The van der Waals surface area contributed by atoms with Gasteiger partial charge in [-0.25, -0.2) is 0 Å². The zero-order chi connectivity index (χ0) is 37.5. The van der Waals surface area contributed by atoms with Gasteiger partial charge in [-0.15, -0.1) is 0 Å². The Hall–Kier alpha value is -1.33. The second kappa shape index (κ2) is 16.6. The molecule has 22 nitrogen and oxygen atoms in total. The minimum Gasteiger partial charge on any atom is -0.394 e. The molecule has 0 aromatic heterocycles. The number of ether oxygens (including phenoxy) is 6.